The van der Waals surface area contributed by atoms with Crippen LogP contribution in [0.5, 0.6) is 0 Å². The Hall–Kier alpha value is -2.42. The molecule has 342 valence electrons. The second-order valence-electron chi connectivity index (χ2n) is 19.5. The first-order valence-electron chi connectivity index (χ1n) is 23.5. The Morgan fingerprint density at radius 3 is 2.11 bits per heavy atom. The van der Waals surface area contributed by atoms with Gasteiger partial charge in [-0.2, -0.15) is 0 Å². The van der Waals surface area contributed by atoms with Gasteiger partial charge in [-0.05, 0) is 63.6 Å². The van der Waals surface area contributed by atoms with Crippen LogP contribution in [-0.2, 0) is 33.2 Å². The Bertz CT molecular complexity index is 1660. The molecule has 61 heavy (non-hydrogen) atoms. The number of carbonyl (C=O) groups is 2. The van der Waals surface area contributed by atoms with Gasteiger partial charge in [0.1, 0.15) is 23.9 Å². The fourth-order valence-electron chi connectivity index (χ4n) is 14.5. The average molecular weight is 854 g/mol. The van der Waals surface area contributed by atoms with E-state index in [1.165, 1.54) is 45.6 Å². The van der Waals surface area contributed by atoms with Crippen LogP contribution in [-0.4, -0.2) is 135 Å². The van der Waals surface area contributed by atoms with Crippen LogP contribution in [0, 0.1) is 34.5 Å². The minimum absolute atomic E-state index is 0.0799. The van der Waals surface area contributed by atoms with E-state index in [1.807, 2.05) is 13.1 Å². The number of unbranched alkanes of at least 4 members (excludes halogenated alkanes) is 11. The van der Waals surface area contributed by atoms with Crippen LogP contribution in [0.4, 0.5) is 0 Å². The molecule has 7 rings (SSSR count). The number of ether oxygens (including phenoxy) is 6. The Labute approximate surface area is 364 Å². The number of hydrogen-bond donors (Lipinski definition) is 3. The number of aliphatic hydroxyl groups excluding tert-OH is 2. The second-order valence-corrected chi connectivity index (χ2v) is 19.5. The minimum atomic E-state index is -1.85. The van der Waals surface area contributed by atoms with Gasteiger partial charge in [-0.25, -0.2) is 4.79 Å². The number of allylic oxidation sites excluding steroid dienone is 2. The van der Waals surface area contributed by atoms with Crippen LogP contribution in [0.3, 0.4) is 0 Å². The maximum absolute atomic E-state index is 14.5. The van der Waals surface area contributed by atoms with Crippen molar-refractivity contribution in [3.8, 4) is 0 Å². The Morgan fingerprint density at radius 1 is 0.836 bits per heavy atom. The van der Waals surface area contributed by atoms with Crippen LogP contribution in [0.15, 0.2) is 42.5 Å². The molecule has 3 N–H and O–H groups in total. The highest BCUT2D eigenvalue weighted by Gasteiger charge is 2.92. The zero-order valence-electron chi connectivity index (χ0n) is 37.7. The van der Waals surface area contributed by atoms with Crippen LogP contribution >= 0.6 is 0 Å². The summed E-state index contributed by atoms with van der Waals surface area (Å²) in [6, 6.07) is 8.27. The van der Waals surface area contributed by atoms with E-state index in [-0.39, 0.29) is 31.4 Å². The maximum Gasteiger partial charge on any atom is 0.338 e. The molecule has 1 aromatic rings. The van der Waals surface area contributed by atoms with Crippen molar-refractivity contribution >= 4 is 11.9 Å². The number of piperidine rings is 1. The molecule has 6 aliphatic rings. The number of methoxy groups -OCH3 is 4. The number of esters is 2. The predicted octanol–water partition coefficient (Wildman–Crippen LogP) is 6.28. The van der Waals surface area contributed by atoms with Crippen molar-refractivity contribution in [2.75, 3.05) is 48.6 Å². The molecule has 1 aliphatic heterocycles. The first kappa shape index (κ1) is 46.6. The number of fused-ring (bicyclic) bond motifs is 2. The van der Waals surface area contributed by atoms with E-state index in [2.05, 4.69) is 24.0 Å². The van der Waals surface area contributed by atoms with Gasteiger partial charge in [0.25, 0.3) is 0 Å². The van der Waals surface area contributed by atoms with Crippen molar-refractivity contribution in [3.05, 3.63) is 48.0 Å². The first-order chi connectivity index (χ1) is 29.5. The maximum atomic E-state index is 14.5. The molecule has 7 bridgehead atoms. The number of likely N-dealkylation sites (tertiary alicyclic amines) is 1. The lowest BCUT2D eigenvalue weighted by atomic mass is 9.42. The molecule has 15 atom stereocenters. The molecule has 1 heterocycles. The largest absolute Gasteiger partial charge is 0.455 e. The molecule has 0 unspecified atom stereocenters. The van der Waals surface area contributed by atoms with Crippen molar-refractivity contribution < 1.29 is 53.3 Å². The Kier molecular flexibility index (Phi) is 14.8. The number of carbonyl (C=O) groups excluding carboxylic acids is 2. The van der Waals surface area contributed by atoms with Gasteiger partial charge >= 0.3 is 11.9 Å². The van der Waals surface area contributed by atoms with Crippen molar-refractivity contribution in [1.82, 2.24) is 4.90 Å². The summed E-state index contributed by atoms with van der Waals surface area (Å²) in [4.78, 5) is 30.8. The summed E-state index contributed by atoms with van der Waals surface area (Å²) in [5, 5.41) is 38.1. The molecule has 12 heteroatoms. The summed E-state index contributed by atoms with van der Waals surface area (Å²) in [6.45, 7) is 2.96. The summed E-state index contributed by atoms with van der Waals surface area (Å²) >= 11 is 0. The molecule has 0 amide bonds. The lowest BCUT2D eigenvalue weighted by molar-refractivity contribution is -0.321. The van der Waals surface area contributed by atoms with Gasteiger partial charge < -0.3 is 48.6 Å². The van der Waals surface area contributed by atoms with Gasteiger partial charge in [0.2, 0.25) is 0 Å². The summed E-state index contributed by atoms with van der Waals surface area (Å²) in [5.74, 6) is -3.52. The van der Waals surface area contributed by atoms with E-state index in [0.717, 1.165) is 38.5 Å². The van der Waals surface area contributed by atoms with Crippen molar-refractivity contribution in [2.24, 2.45) is 34.5 Å². The van der Waals surface area contributed by atoms with Gasteiger partial charge in [0.05, 0.1) is 30.5 Å². The summed E-state index contributed by atoms with van der Waals surface area (Å²) < 4.78 is 38.5. The smallest absolute Gasteiger partial charge is 0.338 e. The summed E-state index contributed by atoms with van der Waals surface area (Å²) in [5.41, 5.74) is -4.85. The number of hydrogen-bond acceptors (Lipinski definition) is 12. The number of rotatable bonds is 23. The normalized spacial score (nSPS) is 40.7. The molecule has 1 saturated heterocycles. The van der Waals surface area contributed by atoms with Gasteiger partial charge in [-0.3, -0.25) is 4.79 Å². The van der Waals surface area contributed by atoms with Crippen LogP contribution in [0.2, 0.25) is 0 Å². The van der Waals surface area contributed by atoms with Gasteiger partial charge in [-0.1, -0.05) is 88.6 Å². The molecule has 6 fully saturated rings. The van der Waals surface area contributed by atoms with Gasteiger partial charge in [0.15, 0.2) is 5.60 Å². The number of aliphatic hydroxyl groups is 3. The van der Waals surface area contributed by atoms with Crippen molar-refractivity contribution in [3.63, 3.8) is 0 Å². The summed E-state index contributed by atoms with van der Waals surface area (Å²) in [7, 11) is 8.38. The topological polar surface area (TPSA) is 153 Å². The zero-order chi connectivity index (χ0) is 43.6. The molecule has 12 nitrogen and oxygen atoms in total. The van der Waals surface area contributed by atoms with Crippen LogP contribution in [0.1, 0.15) is 120 Å². The molecule has 5 saturated carbocycles. The van der Waals surface area contributed by atoms with Crippen molar-refractivity contribution in [1.29, 1.82) is 0 Å². The third kappa shape index (κ3) is 7.54. The first-order valence-corrected chi connectivity index (χ1v) is 23.5. The van der Waals surface area contributed by atoms with Crippen molar-refractivity contribution in [2.45, 2.75) is 164 Å². The predicted molar refractivity (Wildman–Crippen MR) is 230 cm³/mol. The molecule has 1 aromatic carbocycles. The Balaban J connectivity index is 1.17. The molecular weight excluding hydrogens is 779 g/mol. The fourth-order valence-corrected chi connectivity index (χ4v) is 14.5. The molecule has 0 aromatic heterocycles. The van der Waals surface area contributed by atoms with Gasteiger partial charge in [0, 0.05) is 82.5 Å². The summed E-state index contributed by atoms with van der Waals surface area (Å²) in [6.07, 6.45) is 14.0. The highest BCUT2D eigenvalue weighted by atomic mass is 16.6. The zero-order valence-corrected chi connectivity index (χ0v) is 37.7. The van der Waals surface area contributed by atoms with Crippen LogP contribution in [0.25, 0.3) is 0 Å². The minimum Gasteiger partial charge on any atom is -0.455 e. The molecule has 0 radical (unpaired) electrons. The van der Waals surface area contributed by atoms with E-state index in [9.17, 15) is 24.9 Å². The number of nitrogens with zero attached hydrogens (tertiary/aromatic N) is 1. The highest BCUT2D eigenvalue weighted by Crippen LogP contribution is 2.80. The fraction of sp³-hybridized carbons (Fsp3) is 0.796. The molecule has 1 spiro atoms. The highest BCUT2D eigenvalue weighted by molar-refractivity contribution is 5.89. The van der Waals surface area contributed by atoms with E-state index >= 15 is 0 Å². The van der Waals surface area contributed by atoms with E-state index < -0.39 is 88.3 Å². The third-order valence-corrected chi connectivity index (χ3v) is 16.5. The quantitative estimate of drug-likeness (QED) is 0.0646. The molecular formula is C49H75NO11. The standard InChI is InChI=1S/C49H75NO11/c1-7-8-9-10-11-12-13-14-15-16-17-18-19-20-24-27-36(52)61-49-37-33(29-47(55,44(59-6)42(49)53)43(37)60-45(54)32-25-22-21-23-26-32)48-35(57-4)28-34(51)46(31-56-3)30-50(2)41(48)38(49)39(58-5)40(46)48/h14-15,21-23,25-26,33-35,37-44,51,53,55H,7-13,16-20,24,27-31H2,1-6H3/t33-,34-,35+,37-,38+,39+,40-,41-,42+,43-,44+,46+,47-,48+,49-/m1/s1. The molecule has 5 aliphatic carbocycles. The SMILES string of the molecule is CCCCCCCCC=CCCCCCCCC(=O)O[C@]12[C@H]3[C@@H](OC(=O)c4ccccc4)[C@](O)(C[C@H]3[C@@]34[C@@H](OC)C[C@@H](O)[C@@]5(COC)CN(C)[C@@H]3[C@@H]1[C@H](OC)[C@H]54)[C@@H](OC)[C@@H]2O. The van der Waals surface area contributed by atoms with E-state index in [0.29, 0.717) is 24.9 Å². The Morgan fingerprint density at radius 2 is 1.49 bits per heavy atom. The second kappa shape index (κ2) is 19.4. The van der Waals surface area contributed by atoms with E-state index in [1.54, 1.807) is 45.6 Å². The lowest BCUT2D eigenvalue weighted by Gasteiger charge is -2.70. The average Bonchev–Trinajstić information content (AvgIpc) is 3.64. The number of benzene rings is 1. The van der Waals surface area contributed by atoms with Gasteiger partial charge in [-0.15, -0.1) is 0 Å². The lowest BCUT2D eigenvalue weighted by Crippen LogP contribution is -2.81. The van der Waals surface area contributed by atoms with Crippen LogP contribution < -0.4 is 0 Å². The third-order valence-electron chi connectivity index (χ3n) is 16.5. The monoisotopic (exact) mass is 854 g/mol. The van der Waals surface area contributed by atoms with E-state index in [4.69, 9.17) is 28.4 Å².